The third-order valence-corrected chi connectivity index (χ3v) is 6.51. The summed E-state index contributed by atoms with van der Waals surface area (Å²) in [5, 5.41) is 9.16. The van der Waals surface area contributed by atoms with Crippen molar-refractivity contribution < 1.29 is 18.9 Å². The standard InChI is InChI=1S/C23H30ClN9O3.CH3Cl/c1-3-32-16-10-14(36-2)4-5-15(16)33(12-17(34)29-13-6-8-27-9-7-13)18(32)11-28-23(35)19-21(25)31-22(26)20(24)30-19;1-2/h4-5,10,13,27H,3,6-9,11-12H2,1-2H3,(H5-,25,26,28,29,31,34,35);1H3/p+1. The summed E-state index contributed by atoms with van der Waals surface area (Å²) >= 11 is 10.6. The van der Waals surface area contributed by atoms with Gasteiger partial charge in [0.2, 0.25) is 0 Å². The molecule has 7 N–H and O–H groups in total. The van der Waals surface area contributed by atoms with Crippen LogP contribution in [-0.2, 0) is 24.4 Å². The number of fused-ring (bicyclic) bond motifs is 1. The molecular formula is C24H34Cl2N9O3+. The maximum absolute atomic E-state index is 13.0. The molecule has 0 radical (unpaired) electrons. The number of amides is 2. The molecule has 4 rings (SSSR count). The topological polar surface area (TPSA) is 166 Å². The second kappa shape index (κ2) is 13.4. The zero-order valence-electron chi connectivity index (χ0n) is 21.7. The Morgan fingerprint density at radius 1 is 1.21 bits per heavy atom. The fourth-order valence-corrected chi connectivity index (χ4v) is 4.58. The Labute approximate surface area is 231 Å². The second-order valence-corrected chi connectivity index (χ2v) is 8.87. The number of benzene rings is 1. The molecule has 0 aliphatic carbocycles. The lowest BCUT2D eigenvalue weighted by atomic mass is 10.1. The summed E-state index contributed by atoms with van der Waals surface area (Å²) in [6.07, 6.45) is 3.25. The molecule has 1 aliphatic rings. The Morgan fingerprint density at radius 3 is 2.58 bits per heavy atom. The number of methoxy groups -OCH3 is 1. The number of ether oxygens (including phenoxy) is 1. The van der Waals surface area contributed by atoms with Crippen LogP contribution in [0.3, 0.4) is 0 Å². The number of carbonyl (C=O) groups is 2. The average Bonchev–Trinajstić information content (AvgIpc) is 3.22. The van der Waals surface area contributed by atoms with E-state index in [0.29, 0.717) is 12.3 Å². The van der Waals surface area contributed by atoms with E-state index in [1.165, 1.54) is 6.38 Å². The van der Waals surface area contributed by atoms with Gasteiger partial charge in [-0.3, -0.25) is 9.59 Å². The first-order valence-electron chi connectivity index (χ1n) is 12.2. The molecule has 206 valence electrons. The van der Waals surface area contributed by atoms with Crippen LogP contribution in [0.4, 0.5) is 11.6 Å². The molecule has 1 aliphatic heterocycles. The van der Waals surface area contributed by atoms with Gasteiger partial charge in [0.1, 0.15) is 12.3 Å². The molecule has 38 heavy (non-hydrogen) atoms. The number of anilines is 2. The van der Waals surface area contributed by atoms with Crippen LogP contribution in [0.2, 0.25) is 5.15 Å². The summed E-state index contributed by atoms with van der Waals surface area (Å²) in [6.45, 7) is 4.56. The lowest BCUT2D eigenvalue weighted by Crippen LogP contribution is -2.50. The minimum Gasteiger partial charge on any atom is -0.497 e. The van der Waals surface area contributed by atoms with E-state index in [2.05, 4.69) is 37.5 Å². The predicted octanol–water partition coefficient (Wildman–Crippen LogP) is 1.22. The van der Waals surface area contributed by atoms with Gasteiger partial charge in [0.15, 0.2) is 40.1 Å². The number of nitrogens with one attached hydrogen (secondary N) is 3. The molecule has 1 fully saturated rings. The largest absolute Gasteiger partial charge is 0.497 e. The van der Waals surface area contributed by atoms with Gasteiger partial charge in [-0.25, -0.2) is 19.1 Å². The predicted molar refractivity (Wildman–Crippen MR) is 147 cm³/mol. The van der Waals surface area contributed by atoms with Crippen molar-refractivity contribution in [2.45, 2.75) is 45.4 Å². The summed E-state index contributed by atoms with van der Waals surface area (Å²) < 4.78 is 9.34. The van der Waals surface area contributed by atoms with Gasteiger partial charge in [-0.1, -0.05) is 11.6 Å². The smallest absolute Gasteiger partial charge is 0.277 e. The molecule has 0 spiro atoms. The molecule has 0 bridgehead atoms. The number of imidazole rings is 1. The highest BCUT2D eigenvalue weighted by Crippen LogP contribution is 2.22. The van der Waals surface area contributed by atoms with Crippen LogP contribution >= 0.6 is 23.2 Å². The van der Waals surface area contributed by atoms with Gasteiger partial charge < -0.3 is 32.2 Å². The van der Waals surface area contributed by atoms with Gasteiger partial charge >= 0.3 is 0 Å². The van der Waals surface area contributed by atoms with Crippen LogP contribution in [-0.4, -0.2) is 59.0 Å². The summed E-state index contributed by atoms with van der Waals surface area (Å²) in [5.41, 5.74) is 13.1. The first-order valence-corrected chi connectivity index (χ1v) is 13.3. The quantitative estimate of drug-likeness (QED) is 0.200. The Morgan fingerprint density at radius 2 is 1.92 bits per heavy atom. The number of halogens is 2. The van der Waals surface area contributed by atoms with Crippen LogP contribution in [0.25, 0.3) is 11.0 Å². The molecule has 0 atom stereocenters. The number of piperidine rings is 1. The minimum atomic E-state index is -0.557. The van der Waals surface area contributed by atoms with E-state index < -0.39 is 5.91 Å². The van der Waals surface area contributed by atoms with Crippen LogP contribution in [0.5, 0.6) is 5.75 Å². The fraction of sp³-hybridized carbons (Fsp3) is 0.458. The Hall–Kier alpha value is -3.35. The molecule has 14 heteroatoms. The number of rotatable bonds is 8. The SMILES string of the molecule is CCl.CCn1c(CNC(=O)c2nc(Cl)c(N)nc2N)[n+](CC(=O)NC2CCNCC2)c2ccc(OC)cc21. The highest BCUT2D eigenvalue weighted by Gasteiger charge is 2.28. The van der Waals surface area contributed by atoms with E-state index in [1.807, 2.05) is 34.3 Å². The zero-order valence-corrected chi connectivity index (χ0v) is 23.2. The number of nitrogens with two attached hydrogens (primary N) is 2. The zero-order chi connectivity index (χ0) is 27.8. The number of carbonyl (C=O) groups excluding carboxylic acids is 2. The summed E-state index contributed by atoms with van der Waals surface area (Å²) in [7, 11) is 1.60. The van der Waals surface area contributed by atoms with E-state index >= 15 is 0 Å². The number of nitrogen functional groups attached to an aromatic ring is 2. The van der Waals surface area contributed by atoms with Crippen molar-refractivity contribution in [1.82, 2.24) is 30.5 Å². The number of nitrogens with zero attached hydrogens (tertiary/aromatic N) is 4. The third kappa shape index (κ3) is 6.55. The first-order chi connectivity index (χ1) is 18.3. The third-order valence-electron chi connectivity index (χ3n) is 6.24. The van der Waals surface area contributed by atoms with E-state index in [9.17, 15) is 9.59 Å². The van der Waals surface area contributed by atoms with E-state index in [4.69, 9.17) is 27.8 Å². The number of aryl methyl sites for hydroxylation is 1. The highest BCUT2D eigenvalue weighted by atomic mass is 35.5. The van der Waals surface area contributed by atoms with Crippen molar-refractivity contribution in [1.29, 1.82) is 0 Å². The van der Waals surface area contributed by atoms with E-state index in [1.54, 1.807) is 7.11 Å². The Kier molecular flexibility index (Phi) is 10.3. The number of hydrogen-bond acceptors (Lipinski definition) is 8. The van der Waals surface area contributed by atoms with Crippen molar-refractivity contribution in [2.75, 3.05) is 38.0 Å². The van der Waals surface area contributed by atoms with Crippen LogP contribution < -0.4 is 36.7 Å². The van der Waals surface area contributed by atoms with E-state index in [0.717, 1.165) is 42.8 Å². The van der Waals surface area contributed by atoms with Crippen molar-refractivity contribution in [3.8, 4) is 5.75 Å². The van der Waals surface area contributed by atoms with Crippen molar-refractivity contribution in [2.24, 2.45) is 0 Å². The summed E-state index contributed by atoms with van der Waals surface area (Å²) in [5.74, 6) is 0.593. The molecule has 0 unspecified atom stereocenters. The Bertz CT molecular complexity index is 1290. The number of aromatic nitrogens is 4. The van der Waals surface area contributed by atoms with Gasteiger partial charge in [-0.15, -0.1) is 11.6 Å². The molecule has 2 aromatic heterocycles. The molecular weight excluding hydrogens is 533 g/mol. The van der Waals surface area contributed by atoms with Gasteiger partial charge in [0.25, 0.3) is 17.6 Å². The van der Waals surface area contributed by atoms with E-state index in [-0.39, 0.29) is 47.5 Å². The highest BCUT2D eigenvalue weighted by molar-refractivity contribution is 6.31. The van der Waals surface area contributed by atoms with Gasteiger partial charge in [-0.2, -0.15) is 0 Å². The second-order valence-electron chi connectivity index (χ2n) is 8.51. The van der Waals surface area contributed by atoms with Crippen molar-refractivity contribution in [3.05, 3.63) is 34.9 Å². The van der Waals surface area contributed by atoms with Crippen LogP contribution in [0.1, 0.15) is 36.1 Å². The Balaban J connectivity index is 0.00000195. The number of hydrogen-bond donors (Lipinski definition) is 5. The molecule has 3 heterocycles. The molecule has 1 aromatic carbocycles. The minimum absolute atomic E-state index is 0.0524. The van der Waals surface area contributed by atoms with Gasteiger partial charge in [0, 0.05) is 18.5 Å². The molecule has 2 amide bonds. The van der Waals surface area contributed by atoms with Gasteiger partial charge in [0.05, 0.1) is 13.7 Å². The summed E-state index contributed by atoms with van der Waals surface area (Å²) in [4.78, 5) is 33.8. The van der Waals surface area contributed by atoms with Crippen molar-refractivity contribution in [3.63, 3.8) is 0 Å². The lowest BCUT2D eigenvalue weighted by Gasteiger charge is -2.23. The average molecular weight is 568 g/mol. The monoisotopic (exact) mass is 566 g/mol. The van der Waals surface area contributed by atoms with Crippen molar-refractivity contribution >= 4 is 57.7 Å². The maximum atomic E-state index is 13.0. The normalized spacial score (nSPS) is 13.5. The van der Waals surface area contributed by atoms with Gasteiger partial charge in [-0.05, 0) is 45.0 Å². The lowest BCUT2D eigenvalue weighted by molar-refractivity contribution is -0.667. The van der Waals surface area contributed by atoms with Crippen LogP contribution in [0, 0.1) is 0 Å². The summed E-state index contributed by atoms with van der Waals surface area (Å²) in [6, 6.07) is 5.80. The number of alkyl halides is 1. The fourth-order valence-electron chi connectivity index (χ4n) is 4.45. The molecule has 12 nitrogen and oxygen atoms in total. The van der Waals surface area contributed by atoms with Crippen LogP contribution in [0.15, 0.2) is 18.2 Å². The maximum Gasteiger partial charge on any atom is 0.277 e. The molecule has 1 saturated heterocycles. The first kappa shape index (κ1) is 29.2. The molecule has 0 saturated carbocycles. The molecule has 3 aromatic rings.